The van der Waals surface area contributed by atoms with Gasteiger partial charge >= 0.3 is 6.61 Å². The van der Waals surface area contributed by atoms with Crippen LogP contribution in [0.15, 0.2) is 24.3 Å². The van der Waals surface area contributed by atoms with Crippen LogP contribution in [-0.4, -0.2) is 54.4 Å². The molecule has 27 heavy (non-hydrogen) atoms. The summed E-state index contributed by atoms with van der Waals surface area (Å²) in [5.74, 6) is -0.0468. The van der Waals surface area contributed by atoms with Gasteiger partial charge in [-0.3, -0.25) is 9.59 Å². The van der Waals surface area contributed by atoms with Gasteiger partial charge < -0.3 is 14.5 Å². The number of ether oxygens (including phenoxy) is 1. The second-order valence-electron chi connectivity index (χ2n) is 7.21. The Morgan fingerprint density at radius 2 is 1.63 bits per heavy atom. The highest BCUT2D eigenvalue weighted by Gasteiger charge is 2.30. The van der Waals surface area contributed by atoms with Crippen LogP contribution in [0.4, 0.5) is 8.78 Å². The summed E-state index contributed by atoms with van der Waals surface area (Å²) in [6, 6.07) is 5.85. The fourth-order valence-corrected chi connectivity index (χ4v) is 3.87. The van der Waals surface area contributed by atoms with E-state index in [2.05, 4.69) is 4.74 Å². The third-order valence-corrected chi connectivity index (χ3v) is 5.36. The van der Waals surface area contributed by atoms with Crippen molar-refractivity contribution in [1.82, 2.24) is 9.80 Å². The van der Waals surface area contributed by atoms with Gasteiger partial charge in [0.05, 0.1) is 0 Å². The van der Waals surface area contributed by atoms with E-state index < -0.39 is 6.61 Å². The van der Waals surface area contributed by atoms with E-state index in [1.54, 1.807) is 11.0 Å². The number of halogens is 2. The predicted octanol–water partition coefficient (Wildman–Crippen LogP) is 3.54. The Hall–Kier alpha value is -2.18. The number of alkyl halides is 2. The Morgan fingerprint density at radius 3 is 2.26 bits per heavy atom. The minimum Gasteiger partial charge on any atom is -0.435 e. The first-order valence-corrected chi connectivity index (χ1v) is 9.67. The largest absolute Gasteiger partial charge is 0.435 e. The summed E-state index contributed by atoms with van der Waals surface area (Å²) in [4.78, 5) is 29.1. The Bertz CT molecular complexity index is 652. The van der Waals surface area contributed by atoms with Crippen molar-refractivity contribution in [3.05, 3.63) is 29.8 Å². The quantitative estimate of drug-likeness (QED) is 0.803. The van der Waals surface area contributed by atoms with Gasteiger partial charge in [0.2, 0.25) is 5.91 Å². The van der Waals surface area contributed by atoms with Gasteiger partial charge in [-0.25, -0.2) is 0 Å². The summed E-state index contributed by atoms with van der Waals surface area (Å²) < 4.78 is 29.1. The fraction of sp³-hybridized carbons (Fsp3) is 0.600. The van der Waals surface area contributed by atoms with E-state index in [1.807, 2.05) is 4.90 Å². The van der Waals surface area contributed by atoms with Crippen LogP contribution in [-0.2, 0) is 4.79 Å². The van der Waals surface area contributed by atoms with Crippen LogP contribution in [0.2, 0.25) is 0 Å². The second kappa shape index (κ2) is 9.15. The van der Waals surface area contributed by atoms with Gasteiger partial charge in [-0.2, -0.15) is 8.78 Å². The third-order valence-electron chi connectivity index (χ3n) is 5.36. The standard InChI is InChI=1S/C20H26F2N2O3/c21-20(22)27-17-7-5-6-16(14-17)19(26)24-12-8-15(9-13-24)18(25)23-10-3-1-2-4-11-23/h5-7,14-15,20H,1-4,8-13H2. The molecule has 1 aromatic carbocycles. The SMILES string of the molecule is O=C(c1cccc(OC(F)F)c1)N1CCC(C(=O)N2CCCCCC2)CC1. The Labute approximate surface area is 158 Å². The summed E-state index contributed by atoms with van der Waals surface area (Å²) in [7, 11) is 0. The minimum atomic E-state index is -2.92. The summed E-state index contributed by atoms with van der Waals surface area (Å²) in [6.45, 7) is -0.230. The van der Waals surface area contributed by atoms with Gasteiger partial charge in [0.25, 0.3) is 5.91 Å². The van der Waals surface area contributed by atoms with Gasteiger partial charge in [0.1, 0.15) is 5.75 Å². The van der Waals surface area contributed by atoms with Crippen molar-refractivity contribution >= 4 is 11.8 Å². The maximum atomic E-state index is 12.7. The second-order valence-corrected chi connectivity index (χ2v) is 7.21. The molecule has 0 spiro atoms. The van der Waals surface area contributed by atoms with E-state index in [-0.39, 0.29) is 23.5 Å². The van der Waals surface area contributed by atoms with Crippen LogP contribution in [0.1, 0.15) is 48.9 Å². The van der Waals surface area contributed by atoms with Crippen molar-refractivity contribution in [2.24, 2.45) is 5.92 Å². The summed E-state index contributed by atoms with van der Waals surface area (Å²) >= 11 is 0. The van der Waals surface area contributed by atoms with Crippen LogP contribution in [0, 0.1) is 5.92 Å². The fourth-order valence-electron chi connectivity index (χ4n) is 3.87. The van der Waals surface area contributed by atoms with Gasteiger partial charge in [0, 0.05) is 37.7 Å². The lowest BCUT2D eigenvalue weighted by Crippen LogP contribution is -2.44. The molecule has 0 aliphatic carbocycles. The molecule has 0 bridgehead atoms. The smallest absolute Gasteiger partial charge is 0.387 e. The Morgan fingerprint density at radius 1 is 0.963 bits per heavy atom. The van der Waals surface area contributed by atoms with Crippen LogP contribution in [0.5, 0.6) is 5.75 Å². The number of hydrogen-bond acceptors (Lipinski definition) is 3. The molecule has 148 valence electrons. The lowest BCUT2D eigenvalue weighted by molar-refractivity contribution is -0.136. The van der Waals surface area contributed by atoms with Crippen LogP contribution in [0.25, 0.3) is 0 Å². The van der Waals surface area contributed by atoms with Gasteiger partial charge in [-0.15, -0.1) is 0 Å². The molecule has 0 radical (unpaired) electrons. The van der Waals surface area contributed by atoms with Crippen molar-refractivity contribution < 1.29 is 23.1 Å². The highest BCUT2D eigenvalue weighted by Crippen LogP contribution is 2.24. The molecule has 2 amide bonds. The Kier molecular flexibility index (Phi) is 6.63. The summed E-state index contributed by atoms with van der Waals surface area (Å²) in [5.41, 5.74) is 0.324. The molecule has 1 aromatic rings. The average Bonchev–Trinajstić information content (AvgIpc) is 2.96. The number of piperidine rings is 1. The van der Waals surface area contributed by atoms with Crippen LogP contribution < -0.4 is 4.74 Å². The highest BCUT2D eigenvalue weighted by atomic mass is 19.3. The van der Waals surface area contributed by atoms with E-state index in [4.69, 9.17) is 0 Å². The van der Waals surface area contributed by atoms with Crippen molar-refractivity contribution in [2.45, 2.75) is 45.1 Å². The van der Waals surface area contributed by atoms with Crippen LogP contribution >= 0.6 is 0 Å². The van der Waals surface area contributed by atoms with Gasteiger partial charge in [-0.1, -0.05) is 18.9 Å². The monoisotopic (exact) mass is 380 g/mol. The molecule has 2 saturated heterocycles. The summed E-state index contributed by atoms with van der Waals surface area (Å²) in [6.07, 6.45) is 5.80. The van der Waals surface area contributed by atoms with E-state index >= 15 is 0 Å². The van der Waals surface area contributed by atoms with Crippen molar-refractivity contribution in [2.75, 3.05) is 26.2 Å². The van der Waals surface area contributed by atoms with Gasteiger partial charge in [-0.05, 0) is 43.9 Å². The molecule has 2 heterocycles. The van der Waals surface area contributed by atoms with Gasteiger partial charge in [0.15, 0.2) is 0 Å². The molecule has 5 nitrogen and oxygen atoms in total. The maximum Gasteiger partial charge on any atom is 0.387 e. The first-order valence-electron chi connectivity index (χ1n) is 9.67. The zero-order valence-corrected chi connectivity index (χ0v) is 15.4. The normalized spacial score (nSPS) is 19.1. The first-order chi connectivity index (χ1) is 13.0. The van der Waals surface area contributed by atoms with Crippen molar-refractivity contribution in [3.8, 4) is 5.75 Å². The number of carbonyl (C=O) groups excluding carboxylic acids is 2. The molecule has 0 N–H and O–H groups in total. The molecular formula is C20H26F2N2O3. The number of rotatable bonds is 4. The lowest BCUT2D eigenvalue weighted by atomic mass is 9.94. The molecule has 0 saturated carbocycles. The van der Waals surface area contributed by atoms with E-state index in [9.17, 15) is 18.4 Å². The minimum absolute atomic E-state index is 0.0259. The number of hydrogen-bond donors (Lipinski definition) is 0. The number of nitrogens with zero attached hydrogens (tertiary/aromatic N) is 2. The maximum absolute atomic E-state index is 12.7. The molecule has 0 unspecified atom stereocenters. The molecular weight excluding hydrogens is 354 g/mol. The molecule has 2 aliphatic heterocycles. The third kappa shape index (κ3) is 5.17. The molecule has 2 fully saturated rings. The van der Waals surface area contributed by atoms with E-state index in [0.717, 1.165) is 25.9 Å². The highest BCUT2D eigenvalue weighted by molar-refractivity contribution is 5.94. The summed E-state index contributed by atoms with van der Waals surface area (Å²) in [5, 5.41) is 0. The molecule has 2 aliphatic rings. The molecule has 7 heteroatoms. The number of likely N-dealkylation sites (tertiary alicyclic amines) is 2. The van der Waals surface area contributed by atoms with Crippen molar-refractivity contribution in [1.29, 1.82) is 0 Å². The predicted molar refractivity (Wildman–Crippen MR) is 96.7 cm³/mol. The van der Waals surface area contributed by atoms with E-state index in [0.29, 0.717) is 31.5 Å². The molecule has 0 atom stereocenters. The zero-order chi connectivity index (χ0) is 19.2. The topological polar surface area (TPSA) is 49.9 Å². The lowest BCUT2D eigenvalue weighted by Gasteiger charge is -2.34. The number of amides is 2. The zero-order valence-electron chi connectivity index (χ0n) is 15.4. The van der Waals surface area contributed by atoms with Crippen molar-refractivity contribution in [3.63, 3.8) is 0 Å². The average molecular weight is 380 g/mol. The first kappa shape index (κ1) is 19.6. The Balaban J connectivity index is 1.55. The molecule has 0 aromatic heterocycles. The molecule has 3 rings (SSSR count). The number of benzene rings is 1. The number of carbonyl (C=O) groups is 2. The van der Waals surface area contributed by atoms with E-state index in [1.165, 1.54) is 31.0 Å². The van der Waals surface area contributed by atoms with Crippen LogP contribution in [0.3, 0.4) is 0 Å².